The zero-order chi connectivity index (χ0) is 23.6. The van der Waals surface area contributed by atoms with E-state index in [9.17, 15) is 14.7 Å². The molecule has 0 spiro atoms. The Balaban J connectivity index is 1.42. The molecule has 1 amide bonds. The van der Waals surface area contributed by atoms with Crippen LogP contribution in [0.25, 0.3) is 10.2 Å². The number of carbonyl (C=O) groups excluding carboxylic acids is 1. The molecule has 0 fully saturated rings. The van der Waals surface area contributed by atoms with Crippen molar-refractivity contribution in [2.75, 3.05) is 34.3 Å². The van der Waals surface area contributed by atoms with Crippen LogP contribution in [0.2, 0.25) is 0 Å². The largest absolute Gasteiger partial charge is 0.488 e. The second-order valence-corrected chi connectivity index (χ2v) is 10.9. The summed E-state index contributed by atoms with van der Waals surface area (Å²) in [6.45, 7) is 1.79. The van der Waals surface area contributed by atoms with E-state index >= 15 is 0 Å². The fraction of sp³-hybridized carbons (Fsp3) is 0.400. The minimum Gasteiger partial charge on any atom is -0.488 e. The Bertz CT molecular complexity index is 1160. The molecule has 0 aliphatic heterocycles. The summed E-state index contributed by atoms with van der Waals surface area (Å²) in [6, 6.07) is 13.6. The number of ether oxygens (including phenoxy) is 1. The van der Waals surface area contributed by atoms with Gasteiger partial charge in [-0.15, -0.1) is 11.3 Å². The van der Waals surface area contributed by atoms with E-state index in [1.54, 1.807) is 0 Å². The lowest BCUT2D eigenvalue weighted by Crippen LogP contribution is -2.43. The van der Waals surface area contributed by atoms with Crippen molar-refractivity contribution < 1.29 is 23.9 Å². The smallest absolute Gasteiger partial charge is 0.304 e. The van der Waals surface area contributed by atoms with Crippen LogP contribution in [-0.4, -0.2) is 60.7 Å². The Morgan fingerprint density at radius 1 is 1.15 bits per heavy atom. The Kier molecular flexibility index (Phi) is 6.41. The first-order valence-corrected chi connectivity index (χ1v) is 11.8. The lowest BCUT2D eigenvalue weighted by molar-refractivity contribution is -0.870. The summed E-state index contributed by atoms with van der Waals surface area (Å²) in [5.41, 5.74) is 1.97. The summed E-state index contributed by atoms with van der Waals surface area (Å²) in [5, 5.41) is 13.2. The average molecular weight is 469 g/mol. The van der Waals surface area contributed by atoms with Crippen LogP contribution < -0.4 is 10.1 Å². The molecule has 1 aromatic heterocycles. The summed E-state index contributed by atoms with van der Waals surface area (Å²) in [6.07, 6.45) is 0.686. The fourth-order valence-corrected chi connectivity index (χ4v) is 5.14. The van der Waals surface area contributed by atoms with Crippen molar-refractivity contribution in [1.82, 2.24) is 10.3 Å². The molecule has 1 heterocycles. The van der Waals surface area contributed by atoms with Gasteiger partial charge in [-0.2, -0.15) is 0 Å². The van der Waals surface area contributed by atoms with Gasteiger partial charge in [-0.1, -0.05) is 24.3 Å². The zero-order valence-electron chi connectivity index (χ0n) is 19.3. The number of quaternary nitrogens is 1. The zero-order valence-corrected chi connectivity index (χ0v) is 20.1. The van der Waals surface area contributed by atoms with E-state index in [1.165, 1.54) is 11.3 Å². The van der Waals surface area contributed by atoms with E-state index in [-0.39, 0.29) is 18.9 Å². The molecule has 2 N–H and O–H groups in total. The van der Waals surface area contributed by atoms with Gasteiger partial charge in [0.15, 0.2) is 0 Å². The Labute approximate surface area is 197 Å². The Hall–Kier alpha value is -2.97. The summed E-state index contributed by atoms with van der Waals surface area (Å²) in [7, 11) is 6.37. The molecule has 2 aromatic carbocycles. The van der Waals surface area contributed by atoms with Crippen LogP contribution >= 0.6 is 11.3 Å². The van der Waals surface area contributed by atoms with Gasteiger partial charge in [0.2, 0.25) is 5.91 Å². The van der Waals surface area contributed by atoms with Crippen molar-refractivity contribution in [3.63, 3.8) is 0 Å². The van der Waals surface area contributed by atoms with E-state index < -0.39 is 11.4 Å². The molecule has 8 heteroatoms. The van der Waals surface area contributed by atoms with E-state index in [0.717, 1.165) is 43.1 Å². The highest BCUT2D eigenvalue weighted by molar-refractivity contribution is 7.18. The first kappa shape index (κ1) is 23.2. The number of aliphatic carboxylic acids is 1. The number of aromatic nitrogens is 1. The molecule has 0 saturated carbocycles. The van der Waals surface area contributed by atoms with Gasteiger partial charge in [-0.25, -0.2) is 4.98 Å². The third-order valence-electron chi connectivity index (χ3n) is 5.98. The predicted octanol–water partition coefficient (Wildman–Crippen LogP) is 3.26. The van der Waals surface area contributed by atoms with Gasteiger partial charge in [0.1, 0.15) is 23.9 Å². The van der Waals surface area contributed by atoms with Crippen molar-refractivity contribution in [3.8, 4) is 5.75 Å². The molecule has 0 bridgehead atoms. The standard InChI is InChI=1S/C25H29N3O4S/c1-28(2,3)10-11-32-19-8-9-21-20(12-19)27-22(33-21)16-26-24(31)25(15-23(29)30)13-17-6-4-5-7-18(17)14-25/h4-9,12H,10-11,13-16H2,1-3H3,(H-,26,29,30,31)/p+1. The molecule has 33 heavy (non-hydrogen) atoms. The number of carboxylic acid groups (broad SMARTS) is 1. The van der Waals surface area contributed by atoms with E-state index in [1.807, 2.05) is 42.5 Å². The molecule has 0 radical (unpaired) electrons. The molecule has 174 valence electrons. The maximum atomic E-state index is 13.2. The normalized spacial score (nSPS) is 14.8. The number of thiazole rings is 1. The van der Waals surface area contributed by atoms with Gasteiger partial charge in [-0.3, -0.25) is 9.59 Å². The molecule has 4 rings (SSSR count). The van der Waals surface area contributed by atoms with Crippen LogP contribution in [0, 0.1) is 5.41 Å². The summed E-state index contributed by atoms with van der Waals surface area (Å²) in [5.74, 6) is -0.415. The highest BCUT2D eigenvalue weighted by Gasteiger charge is 2.45. The lowest BCUT2D eigenvalue weighted by Gasteiger charge is -2.25. The molecular formula is C25H30N3O4S+. The number of nitrogens with one attached hydrogen (secondary N) is 1. The molecule has 0 unspecified atom stereocenters. The maximum Gasteiger partial charge on any atom is 0.304 e. The Morgan fingerprint density at radius 3 is 2.48 bits per heavy atom. The van der Waals surface area contributed by atoms with Gasteiger partial charge in [0.25, 0.3) is 0 Å². The third-order valence-corrected chi connectivity index (χ3v) is 7.02. The SMILES string of the molecule is C[N+](C)(C)CCOc1ccc2sc(CNC(=O)C3(CC(=O)O)Cc4ccccc4C3)nc2c1. The molecule has 0 saturated heterocycles. The van der Waals surface area contributed by atoms with Crippen molar-refractivity contribution >= 4 is 33.4 Å². The summed E-state index contributed by atoms with van der Waals surface area (Å²) in [4.78, 5) is 29.4. The van der Waals surface area contributed by atoms with Gasteiger partial charge in [0, 0.05) is 6.07 Å². The monoisotopic (exact) mass is 468 g/mol. The number of carbonyl (C=O) groups is 2. The number of carboxylic acids is 1. The second-order valence-electron chi connectivity index (χ2n) is 9.76. The molecule has 0 atom stereocenters. The molecule has 1 aliphatic rings. The summed E-state index contributed by atoms with van der Waals surface area (Å²) < 4.78 is 7.72. The predicted molar refractivity (Wildman–Crippen MR) is 128 cm³/mol. The minimum atomic E-state index is -0.962. The van der Waals surface area contributed by atoms with Crippen molar-refractivity contribution in [3.05, 3.63) is 58.6 Å². The number of rotatable bonds is 9. The van der Waals surface area contributed by atoms with Crippen molar-refractivity contribution in [1.29, 1.82) is 0 Å². The van der Waals surface area contributed by atoms with Gasteiger partial charge in [0.05, 0.1) is 49.7 Å². The molecular weight excluding hydrogens is 438 g/mol. The van der Waals surface area contributed by atoms with E-state index in [2.05, 4.69) is 31.4 Å². The highest BCUT2D eigenvalue weighted by Crippen LogP contribution is 2.40. The van der Waals surface area contributed by atoms with Crippen LogP contribution in [0.5, 0.6) is 5.75 Å². The van der Waals surface area contributed by atoms with Crippen LogP contribution in [-0.2, 0) is 29.0 Å². The average Bonchev–Trinajstić information content (AvgIpc) is 3.31. The van der Waals surface area contributed by atoms with E-state index in [4.69, 9.17) is 4.74 Å². The molecule has 7 nitrogen and oxygen atoms in total. The van der Waals surface area contributed by atoms with Gasteiger partial charge < -0.3 is 19.6 Å². The van der Waals surface area contributed by atoms with Crippen molar-refractivity contribution in [2.24, 2.45) is 5.41 Å². The van der Waals surface area contributed by atoms with Gasteiger partial charge in [-0.05, 0) is 36.1 Å². The maximum absolute atomic E-state index is 13.2. The molecule has 3 aromatic rings. The second kappa shape index (κ2) is 9.11. The Morgan fingerprint density at radius 2 is 1.85 bits per heavy atom. The number of benzene rings is 2. The quantitative estimate of drug-likeness (QED) is 0.471. The topological polar surface area (TPSA) is 88.5 Å². The van der Waals surface area contributed by atoms with E-state index in [0.29, 0.717) is 19.4 Å². The molecule has 1 aliphatic carbocycles. The summed E-state index contributed by atoms with van der Waals surface area (Å²) >= 11 is 1.52. The highest BCUT2D eigenvalue weighted by atomic mass is 32.1. The number of amides is 1. The number of hydrogen-bond donors (Lipinski definition) is 2. The fourth-order valence-electron chi connectivity index (χ4n) is 4.25. The third kappa shape index (κ3) is 5.51. The number of nitrogens with zero attached hydrogens (tertiary/aromatic N) is 2. The van der Waals surface area contributed by atoms with Crippen LogP contribution in [0.15, 0.2) is 42.5 Å². The van der Waals surface area contributed by atoms with Crippen molar-refractivity contribution in [2.45, 2.75) is 25.8 Å². The number of likely N-dealkylation sites (N-methyl/N-ethyl adjacent to an activating group) is 1. The first-order valence-electron chi connectivity index (χ1n) is 11.0. The van der Waals surface area contributed by atoms with Crippen LogP contribution in [0.4, 0.5) is 0 Å². The number of fused-ring (bicyclic) bond motifs is 2. The minimum absolute atomic E-state index is 0.193. The first-order chi connectivity index (χ1) is 15.6. The van der Waals surface area contributed by atoms with Crippen LogP contribution in [0.3, 0.4) is 0 Å². The lowest BCUT2D eigenvalue weighted by atomic mass is 9.80. The van der Waals surface area contributed by atoms with Gasteiger partial charge >= 0.3 is 5.97 Å². The van der Waals surface area contributed by atoms with Crippen LogP contribution in [0.1, 0.15) is 22.6 Å². The number of hydrogen-bond acceptors (Lipinski definition) is 5.